The minimum Gasteiger partial charge on any atom is -0.550 e. The maximum absolute atomic E-state index is 10.4. The quantitative estimate of drug-likeness (QED) is 0.567. The Morgan fingerprint density at radius 2 is 2.15 bits per heavy atom. The van der Waals surface area contributed by atoms with Crippen LogP contribution in [0.4, 0.5) is 0 Å². The van der Waals surface area contributed by atoms with E-state index in [0.717, 1.165) is 0 Å². The molecule has 0 fully saturated rings. The maximum atomic E-state index is 10.4. The molecule has 0 aliphatic rings. The fourth-order valence-electron chi connectivity index (χ4n) is 0.940. The lowest BCUT2D eigenvalue weighted by Crippen LogP contribution is -2.44. The number of hydrogen-bond acceptors (Lipinski definition) is 3. The van der Waals surface area contributed by atoms with Crippen molar-refractivity contribution in [1.29, 1.82) is 0 Å². The first-order chi connectivity index (χ1) is 6.49. The van der Waals surface area contributed by atoms with Crippen molar-refractivity contribution in [3.05, 3.63) is 0 Å². The molecule has 1 atom stereocenters. The summed E-state index contributed by atoms with van der Waals surface area (Å²) in [7, 11) is 2.90. The van der Waals surface area contributed by atoms with E-state index in [0.29, 0.717) is 11.0 Å². The van der Waals surface area contributed by atoms with Gasteiger partial charge in [0.25, 0.3) is 0 Å². The van der Waals surface area contributed by atoms with Crippen molar-refractivity contribution in [3.63, 3.8) is 0 Å². The number of carboxylic acids is 1. The average molecular weight is 215 g/mol. The Morgan fingerprint density at radius 3 is 2.46 bits per heavy atom. The van der Waals surface area contributed by atoms with E-state index < -0.39 is 25.5 Å². The molecule has 0 saturated carbocycles. The molecule has 0 aromatic carbocycles. The fourth-order valence-corrected chi connectivity index (χ4v) is 0.940. The van der Waals surface area contributed by atoms with Crippen LogP contribution in [0.15, 0.2) is 0 Å². The molecule has 0 heterocycles. The van der Waals surface area contributed by atoms with Crippen molar-refractivity contribution in [1.82, 2.24) is 0 Å². The highest BCUT2D eigenvalue weighted by Gasteiger charge is 2.17. The lowest BCUT2D eigenvalue weighted by molar-refractivity contribution is -0.873. The monoisotopic (exact) mass is 214 g/mol. The van der Waals surface area contributed by atoms with Crippen LogP contribution in [0.3, 0.4) is 0 Å². The smallest absolute Gasteiger partial charge is 0.111 e. The highest BCUT2D eigenvalue weighted by Crippen LogP contribution is 2.02. The molecule has 0 saturated heterocycles. The van der Waals surface area contributed by atoms with Gasteiger partial charge in [0.15, 0.2) is 0 Å². The van der Waals surface area contributed by atoms with E-state index >= 15 is 0 Å². The van der Waals surface area contributed by atoms with Crippen LogP contribution in [0.1, 0.15) is 10.5 Å². The second kappa shape index (κ2) is 6.18. The van der Waals surface area contributed by atoms with E-state index in [4.69, 9.17) is 4.11 Å². The Morgan fingerprint density at radius 1 is 1.62 bits per heavy atom. The zero-order chi connectivity index (χ0) is 12.3. The number of quaternary nitrogens is 1. The van der Waals surface area contributed by atoms with Crippen LogP contribution in [0.5, 0.6) is 0 Å². The second-order valence-electron chi connectivity index (χ2n) is 3.79. The summed E-state index contributed by atoms with van der Waals surface area (Å²) in [5, 5.41) is 10.4. The van der Waals surface area contributed by atoms with Crippen molar-refractivity contribution in [2.24, 2.45) is 0 Å². The maximum Gasteiger partial charge on any atom is 0.111 e. The summed E-state index contributed by atoms with van der Waals surface area (Å²) >= 11 is 0. The fraction of sp³-hybridized carbons (Fsp3) is 0.875. The van der Waals surface area contributed by atoms with E-state index in [1.807, 2.05) is 21.1 Å². The van der Waals surface area contributed by atoms with Gasteiger partial charge in [-0.1, -0.05) is 0 Å². The van der Waals surface area contributed by atoms with Gasteiger partial charge in [-0.15, -0.1) is 12.4 Å². The van der Waals surface area contributed by atoms with Crippen molar-refractivity contribution in [2.45, 2.75) is 12.5 Å². The number of halogens is 1. The molecule has 13 heavy (non-hydrogen) atoms. The van der Waals surface area contributed by atoms with Crippen LogP contribution in [0, 0.1) is 0 Å². The van der Waals surface area contributed by atoms with E-state index in [9.17, 15) is 9.90 Å². The van der Waals surface area contributed by atoms with Gasteiger partial charge in [0, 0.05) is 19.4 Å². The number of carboxylic acid groups (broad SMARTS) is 1. The van der Waals surface area contributed by atoms with Gasteiger partial charge in [0.05, 0.1) is 25.3 Å². The van der Waals surface area contributed by atoms with Crippen molar-refractivity contribution in [3.8, 4) is 0 Å². The van der Waals surface area contributed by atoms with Gasteiger partial charge in [0.1, 0.15) is 12.6 Å². The zero-order valence-electron chi connectivity index (χ0n) is 11.1. The van der Waals surface area contributed by atoms with Gasteiger partial charge >= 0.3 is 0 Å². The first-order valence-electron chi connectivity index (χ1n) is 5.18. The number of carbonyl (C=O) groups excluding carboxylic acids is 1. The number of nitrogens with zero attached hydrogens (tertiary/aromatic N) is 1. The van der Waals surface area contributed by atoms with Crippen LogP contribution in [-0.2, 0) is 9.53 Å². The Hall–Kier alpha value is -0.320. The molecule has 0 rings (SSSR count). The summed E-state index contributed by atoms with van der Waals surface area (Å²) in [5.74, 6) is -1.31. The molecule has 0 aromatic rings. The van der Waals surface area contributed by atoms with Crippen molar-refractivity contribution >= 4 is 18.4 Å². The molecule has 5 heteroatoms. The van der Waals surface area contributed by atoms with E-state index in [-0.39, 0.29) is 12.4 Å². The summed E-state index contributed by atoms with van der Waals surface area (Å²) < 4.78 is 25.8. The molecule has 0 N–H and O–H groups in total. The number of methoxy groups -OCH3 is 1. The van der Waals surface area contributed by atoms with Gasteiger partial charge in [0.2, 0.25) is 0 Å². The van der Waals surface area contributed by atoms with Gasteiger partial charge in [-0.05, 0) is 0 Å². The van der Waals surface area contributed by atoms with Gasteiger partial charge < -0.3 is 19.1 Å². The van der Waals surface area contributed by atoms with Gasteiger partial charge in [-0.2, -0.15) is 0 Å². The molecule has 0 aliphatic carbocycles. The Bertz CT molecular complexity index is 212. The predicted molar refractivity (Wildman–Crippen MR) is 50.6 cm³/mol. The lowest BCUT2D eigenvalue weighted by atomic mass is 10.2. The first-order valence-corrected chi connectivity index (χ1v) is 3.68. The lowest BCUT2D eigenvalue weighted by Gasteiger charge is -2.28. The van der Waals surface area contributed by atoms with Gasteiger partial charge in [-0.3, -0.25) is 0 Å². The highest BCUT2D eigenvalue weighted by molar-refractivity contribution is 5.85. The molecular weight excluding hydrogens is 194 g/mol. The minimum absolute atomic E-state index is 0. The topological polar surface area (TPSA) is 49.4 Å². The number of hydrogen-bond donors (Lipinski definition) is 0. The summed E-state index contributed by atoms with van der Waals surface area (Å²) in [6, 6.07) is 0. The summed E-state index contributed by atoms with van der Waals surface area (Å²) in [5.41, 5.74) is 0. The Labute approximate surface area is 89.7 Å². The number of likely N-dealkylation sites (N-methyl/N-ethyl adjacent to an activating group) is 1. The first kappa shape index (κ1) is 9.24. The Kier molecular flexibility index (Phi) is 4.40. The van der Waals surface area contributed by atoms with Crippen LogP contribution in [0.25, 0.3) is 0 Å². The van der Waals surface area contributed by atoms with Gasteiger partial charge in [-0.25, -0.2) is 0 Å². The molecule has 0 bridgehead atoms. The van der Waals surface area contributed by atoms with Crippen molar-refractivity contribution in [2.75, 3.05) is 34.7 Å². The number of carbonyl (C=O) groups is 1. The molecule has 4 nitrogen and oxygen atoms in total. The number of rotatable bonds is 5. The summed E-state index contributed by atoms with van der Waals surface area (Å²) in [4.78, 5) is 10.4. The predicted octanol–water partition coefficient (Wildman–Crippen LogP) is -0.731. The van der Waals surface area contributed by atoms with Crippen LogP contribution in [0.2, 0.25) is 0 Å². The molecule has 0 spiro atoms. The molecule has 1 unspecified atom stereocenters. The SMILES string of the molecule is Cl.[2H]C([2H])([2H])OC(CC(=O)[O-])C[N+](C)(C)C. The zero-order valence-corrected chi connectivity index (χ0v) is 8.89. The third-order valence-corrected chi connectivity index (χ3v) is 1.31. The third kappa shape index (κ3) is 9.60. The van der Waals surface area contributed by atoms with E-state index in [1.165, 1.54) is 0 Å². The molecule has 0 amide bonds. The summed E-state index contributed by atoms with van der Waals surface area (Å²) in [6.07, 6.45) is -1.27. The van der Waals surface area contributed by atoms with Crippen molar-refractivity contribution < 1.29 is 23.2 Å². The third-order valence-electron chi connectivity index (χ3n) is 1.31. The molecule has 0 aliphatic heterocycles. The summed E-state index contributed by atoms with van der Waals surface area (Å²) in [6.45, 7) is 0.298. The molecule has 80 valence electrons. The van der Waals surface area contributed by atoms with Crippen LogP contribution < -0.4 is 5.11 Å². The van der Waals surface area contributed by atoms with E-state index in [2.05, 4.69) is 4.74 Å². The van der Waals surface area contributed by atoms with E-state index in [1.54, 1.807) is 0 Å². The normalized spacial score (nSPS) is 17.6. The molecular formula is C8H18ClNO3. The largest absolute Gasteiger partial charge is 0.550 e. The number of ether oxygens (including phenoxy) is 1. The average Bonchev–Trinajstić information content (AvgIpc) is 1.73. The van der Waals surface area contributed by atoms with Crippen LogP contribution in [-0.4, -0.2) is 51.3 Å². The molecule has 0 aromatic heterocycles. The van der Waals surface area contributed by atoms with Crippen LogP contribution >= 0.6 is 12.4 Å². The standard InChI is InChI=1S/C8H17NO3.ClH/c1-9(2,3)6-7(12-4)5-8(10)11;/h7H,5-6H2,1-4H3;1H/i4D3;. The number of aliphatic carboxylic acids is 1. The second-order valence-corrected chi connectivity index (χ2v) is 3.79. The minimum atomic E-state index is -2.57. The molecule has 0 radical (unpaired) electrons. The Balaban J connectivity index is 0. The highest BCUT2D eigenvalue weighted by atomic mass is 35.5.